The van der Waals surface area contributed by atoms with Crippen molar-refractivity contribution in [2.24, 2.45) is 0 Å². The monoisotopic (exact) mass is 220 g/mol. The Morgan fingerprint density at radius 2 is 2.07 bits per heavy atom. The van der Waals surface area contributed by atoms with Gasteiger partial charge in [-0.15, -0.1) is 11.3 Å². The van der Waals surface area contributed by atoms with E-state index >= 15 is 0 Å². The summed E-state index contributed by atoms with van der Waals surface area (Å²) < 4.78 is 0. The number of thiophene rings is 1. The Balaban J connectivity index is 2.43. The maximum atomic E-state index is 5.92. The van der Waals surface area contributed by atoms with Crippen LogP contribution in [0.3, 0.4) is 0 Å². The van der Waals surface area contributed by atoms with Crippen molar-refractivity contribution < 1.29 is 0 Å². The maximum absolute atomic E-state index is 5.92. The highest BCUT2D eigenvalue weighted by Crippen LogP contribution is 2.29. The number of rotatable bonds is 2. The van der Waals surface area contributed by atoms with Gasteiger partial charge in [0.05, 0.1) is 0 Å². The van der Waals surface area contributed by atoms with Crippen LogP contribution in [0, 0.1) is 0 Å². The molecule has 0 radical (unpaired) electrons. The smallest absolute Gasteiger partial charge is 0.0412 e. The van der Waals surface area contributed by atoms with E-state index in [-0.39, 0.29) is 0 Å². The molecule has 0 N–H and O–H groups in total. The maximum Gasteiger partial charge on any atom is 0.0412 e. The Morgan fingerprint density at radius 1 is 1.21 bits per heavy atom. The zero-order chi connectivity index (χ0) is 9.97. The molecule has 0 unspecified atom stereocenters. The lowest BCUT2D eigenvalue weighted by Gasteiger charge is -1.96. The summed E-state index contributed by atoms with van der Waals surface area (Å²) in [6, 6.07) is 12.0. The van der Waals surface area contributed by atoms with Crippen LogP contribution in [0.5, 0.6) is 0 Å². The average molecular weight is 221 g/mol. The first-order valence-electron chi connectivity index (χ1n) is 4.28. The van der Waals surface area contributed by atoms with Gasteiger partial charge in [-0.1, -0.05) is 36.4 Å². The highest BCUT2D eigenvalue weighted by Gasteiger charge is 2.00. The predicted octanol–water partition coefficient (Wildman–Crippen LogP) is 4.71. The molecule has 0 saturated carbocycles. The summed E-state index contributed by atoms with van der Waals surface area (Å²) in [5, 5.41) is 0.774. The van der Waals surface area contributed by atoms with E-state index in [0.717, 1.165) is 10.6 Å². The number of benzene rings is 1. The van der Waals surface area contributed by atoms with E-state index in [9.17, 15) is 0 Å². The minimum atomic E-state index is 0.774. The van der Waals surface area contributed by atoms with E-state index < -0.39 is 0 Å². The van der Waals surface area contributed by atoms with E-state index in [1.165, 1.54) is 9.75 Å². The fraction of sp³-hybridized carbons (Fsp3) is 0. The minimum absolute atomic E-state index is 0.774. The second-order valence-corrected chi connectivity index (χ2v) is 4.47. The van der Waals surface area contributed by atoms with Crippen molar-refractivity contribution in [3.8, 4) is 10.4 Å². The summed E-state index contributed by atoms with van der Waals surface area (Å²) in [7, 11) is 0. The molecule has 0 spiro atoms. The third-order valence-electron chi connectivity index (χ3n) is 1.94. The van der Waals surface area contributed by atoms with Crippen LogP contribution in [0.4, 0.5) is 0 Å². The summed E-state index contributed by atoms with van der Waals surface area (Å²) >= 11 is 7.64. The molecule has 2 rings (SSSR count). The summed E-state index contributed by atoms with van der Waals surface area (Å²) in [6.07, 6.45) is 1.86. The van der Waals surface area contributed by atoms with Gasteiger partial charge in [0.25, 0.3) is 0 Å². The first kappa shape index (κ1) is 9.50. The predicted molar refractivity (Wildman–Crippen MR) is 64.9 cm³/mol. The quantitative estimate of drug-likeness (QED) is 0.688. The molecule has 1 heterocycles. The highest BCUT2D eigenvalue weighted by atomic mass is 35.5. The van der Waals surface area contributed by atoms with Gasteiger partial charge in [0.15, 0.2) is 0 Å². The molecule has 70 valence electrons. The molecule has 2 aromatic rings. The van der Waals surface area contributed by atoms with E-state index in [0.29, 0.717) is 0 Å². The minimum Gasteiger partial charge on any atom is -0.136 e. The number of halogens is 1. The fourth-order valence-electron chi connectivity index (χ4n) is 1.26. The highest BCUT2D eigenvalue weighted by molar-refractivity contribution is 7.16. The van der Waals surface area contributed by atoms with Crippen LogP contribution in [-0.2, 0) is 0 Å². The van der Waals surface area contributed by atoms with E-state index in [1.54, 1.807) is 11.3 Å². The van der Waals surface area contributed by atoms with Crippen LogP contribution in [0.15, 0.2) is 43.0 Å². The SMILES string of the molecule is C=Cc1ccc(-c2cccc(Cl)c2)s1. The standard InChI is InChI=1S/C12H9ClS/c1-2-11-6-7-12(14-11)9-4-3-5-10(13)8-9/h2-8H,1H2. The van der Waals surface area contributed by atoms with Crippen LogP contribution < -0.4 is 0 Å². The van der Waals surface area contributed by atoms with Crippen molar-refractivity contribution in [2.45, 2.75) is 0 Å². The molecule has 0 aliphatic heterocycles. The van der Waals surface area contributed by atoms with Crippen molar-refractivity contribution in [2.75, 3.05) is 0 Å². The van der Waals surface area contributed by atoms with Crippen molar-refractivity contribution in [3.63, 3.8) is 0 Å². The molecule has 0 aliphatic rings. The summed E-state index contributed by atoms with van der Waals surface area (Å²) in [5.74, 6) is 0. The molecule has 1 aromatic carbocycles. The second-order valence-electron chi connectivity index (χ2n) is 2.92. The molecule has 0 amide bonds. The fourth-order valence-corrected chi connectivity index (χ4v) is 2.30. The lowest BCUT2D eigenvalue weighted by atomic mass is 10.2. The van der Waals surface area contributed by atoms with Crippen molar-refractivity contribution in [1.29, 1.82) is 0 Å². The molecule has 0 bridgehead atoms. The lowest BCUT2D eigenvalue weighted by Crippen LogP contribution is -1.70. The normalized spacial score (nSPS) is 10.1. The zero-order valence-corrected chi connectivity index (χ0v) is 9.11. The molecule has 2 heteroatoms. The van der Waals surface area contributed by atoms with Crippen LogP contribution in [0.2, 0.25) is 5.02 Å². The molecule has 0 fully saturated rings. The largest absolute Gasteiger partial charge is 0.136 e. The van der Waals surface area contributed by atoms with Crippen LogP contribution in [0.25, 0.3) is 16.5 Å². The number of hydrogen-bond donors (Lipinski definition) is 0. The molecule has 0 nitrogen and oxygen atoms in total. The van der Waals surface area contributed by atoms with Gasteiger partial charge in [-0.25, -0.2) is 0 Å². The second kappa shape index (κ2) is 3.99. The Labute approximate surface area is 92.5 Å². The summed E-state index contributed by atoms with van der Waals surface area (Å²) in [5.41, 5.74) is 1.16. The van der Waals surface area contributed by atoms with Gasteiger partial charge in [-0.3, -0.25) is 0 Å². The Kier molecular flexibility index (Phi) is 2.71. The Hall–Kier alpha value is -1.05. The lowest BCUT2D eigenvalue weighted by molar-refractivity contribution is 1.70. The van der Waals surface area contributed by atoms with Crippen molar-refractivity contribution in [1.82, 2.24) is 0 Å². The van der Waals surface area contributed by atoms with Gasteiger partial charge in [-0.05, 0) is 29.8 Å². The van der Waals surface area contributed by atoms with E-state index in [2.05, 4.69) is 24.8 Å². The molecule has 0 saturated heterocycles. The van der Waals surface area contributed by atoms with Gasteiger partial charge < -0.3 is 0 Å². The van der Waals surface area contributed by atoms with Crippen LogP contribution in [-0.4, -0.2) is 0 Å². The molecule has 14 heavy (non-hydrogen) atoms. The number of hydrogen-bond acceptors (Lipinski definition) is 1. The average Bonchev–Trinajstić information content (AvgIpc) is 2.66. The molecule has 0 atom stereocenters. The topological polar surface area (TPSA) is 0 Å². The van der Waals surface area contributed by atoms with Crippen molar-refractivity contribution in [3.05, 3.63) is 52.9 Å². The Bertz CT molecular complexity index is 457. The van der Waals surface area contributed by atoms with Gasteiger partial charge >= 0.3 is 0 Å². The van der Waals surface area contributed by atoms with Crippen LogP contribution >= 0.6 is 22.9 Å². The third-order valence-corrected chi connectivity index (χ3v) is 3.30. The summed E-state index contributed by atoms with van der Waals surface area (Å²) in [6.45, 7) is 3.74. The van der Waals surface area contributed by atoms with Gasteiger partial charge in [0, 0.05) is 14.8 Å². The van der Waals surface area contributed by atoms with Crippen molar-refractivity contribution >= 4 is 29.0 Å². The van der Waals surface area contributed by atoms with Gasteiger partial charge in [-0.2, -0.15) is 0 Å². The molecule has 0 aliphatic carbocycles. The molecular formula is C12H9ClS. The zero-order valence-electron chi connectivity index (χ0n) is 7.53. The Morgan fingerprint density at radius 3 is 2.71 bits per heavy atom. The molecule has 1 aromatic heterocycles. The molecular weight excluding hydrogens is 212 g/mol. The van der Waals surface area contributed by atoms with E-state index in [4.69, 9.17) is 11.6 Å². The van der Waals surface area contributed by atoms with Gasteiger partial charge in [0.2, 0.25) is 0 Å². The first-order chi connectivity index (χ1) is 6.79. The van der Waals surface area contributed by atoms with Crippen LogP contribution in [0.1, 0.15) is 4.88 Å². The van der Waals surface area contributed by atoms with E-state index in [1.807, 2.05) is 24.3 Å². The third kappa shape index (κ3) is 1.89. The first-order valence-corrected chi connectivity index (χ1v) is 5.47. The van der Waals surface area contributed by atoms with Gasteiger partial charge in [0.1, 0.15) is 0 Å². The summed E-state index contributed by atoms with van der Waals surface area (Å²) in [4.78, 5) is 2.40.